The summed E-state index contributed by atoms with van der Waals surface area (Å²) in [5.41, 5.74) is 0.754. The summed E-state index contributed by atoms with van der Waals surface area (Å²) >= 11 is 5.97. The van der Waals surface area contributed by atoms with E-state index >= 15 is 0 Å². The van der Waals surface area contributed by atoms with E-state index in [0.29, 0.717) is 11.3 Å². The second-order valence-corrected chi connectivity index (χ2v) is 7.57. The minimum atomic E-state index is -4.82. The molecule has 0 aliphatic carbocycles. The third kappa shape index (κ3) is 7.85. The highest BCUT2D eigenvalue weighted by Crippen LogP contribution is 2.23. The van der Waals surface area contributed by atoms with Crippen molar-refractivity contribution >= 4 is 23.4 Å². The van der Waals surface area contributed by atoms with Gasteiger partial charge in [0.25, 0.3) is 0 Å². The molecule has 3 aromatic rings. The topological polar surface area (TPSA) is 115 Å². The maximum Gasteiger partial charge on any atom is 0.573 e. The van der Waals surface area contributed by atoms with E-state index in [9.17, 15) is 28.1 Å². The van der Waals surface area contributed by atoms with E-state index in [1.165, 1.54) is 35.9 Å². The van der Waals surface area contributed by atoms with E-state index in [1.807, 2.05) is 0 Å². The molecule has 10 nitrogen and oxygen atoms in total. The van der Waals surface area contributed by atoms with Crippen LogP contribution >= 0.6 is 11.6 Å². The number of rotatable bonds is 11. The number of benzene rings is 2. The Morgan fingerprint density at radius 2 is 1.78 bits per heavy atom. The molecule has 0 radical (unpaired) electrons. The second kappa shape index (κ2) is 11.7. The maximum atomic E-state index is 12.4. The molecule has 1 heterocycles. The summed E-state index contributed by atoms with van der Waals surface area (Å²) in [6.07, 6.45) is -4.55. The number of methoxy groups -OCH3 is 1. The van der Waals surface area contributed by atoms with Crippen LogP contribution in [0.5, 0.6) is 11.5 Å². The van der Waals surface area contributed by atoms with Crippen molar-refractivity contribution in [1.82, 2.24) is 9.55 Å². The van der Waals surface area contributed by atoms with Crippen LogP contribution in [0.4, 0.5) is 19.0 Å². The van der Waals surface area contributed by atoms with Crippen molar-refractivity contribution in [2.24, 2.45) is 0 Å². The smallest absolute Gasteiger partial charge is 0.497 e. The van der Waals surface area contributed by atoms with Crippen molar-refractivity contribution in [2.75, 3.05) is 13.7 Å². The van der Waals surface area contributed by atoms with Gasteiger partial charge in [0.15, 0.2) is 0 Å². The summed E-state index contributed by atoms with van der Waals surface area (Å²) in [6, 6.07) is 11.2. The van der Waals surface area contributed by atoms with Crippen LogP contribution in [-0.4, -0.2) is 46.6 Å². The van der Waals surface area contributed by atoms with E-state index in [2.05, 4.69) is 9.72 Å². The zero-order chi connectivity index (χ0) is 26.3. The van der Waals surface area contributed by atoms with Crippen LogP contribution in [0.2, 0.25) is 5.28 Å². The van der Waals surface area contributed by atoms with E-state index in [0.717, 1.165) is 18.3 Å². The largest absolute Gasteiger partial charge is 0.573 e. The third-order valence-electron chi connectivity index (χ3n) is 4.67. The van der Waals surface area contributed by atoms with Crippen LogP contribution in [-0.2, 0) is 22.6 Å². The predicted octanol–water partition coefficient (Wildman–Crippen LogP) is 4.79. The number of imidazole rings is 1. The van der Waals surface area contributed by atoms with Crippen LogP contribution < -0.4 is 9.47 Å². The SMILES string of the molecule is COc1ccc(C(=O)OCC(Cn2cc([N+](=O)[O-])nc2Cl)OCc2ccc(OC(F)(F)F)cc2)cc1. The first-order chi connectivity index (χ1) is 17.0. The van der Waals surface area contributed by atoms with Gasteiger partial charge in [-0.25, -0.2) is 4.79 Å². The Morgan fingerprint density at radius 3 is 2.33 bits per heavy atom. The molecule has 3 rings (SSSR count). The summed E-state index contributed by atoms with van der Waals surface area (Å²) in [7, 11) is 1.48. The molecule has 0 amide bonds. The summed E-state index contributed by atoms with van der Waals surface area (Å²) in [5, 5.41) is 10.8. The van der Waals surface area contributed by atoms with Crippen LogP contribution in [0.3, 0.4) is 0 Å². The predicted molar refractivity (Wildman–Crippen MR) is 119 cm³/mol. The molecule has 1 atom stereocenters. The Kier molecular flexibility index (Phi) is 8.72. The zero-order valence-electron chi connectivity index (χ0n) is 18.6. The molecule has 0 fully saturated rings. The number of aromatic nitrogens is 2. The van der Waals surface area contributed by atoms with Gasteiger partial charge in [-0.1, -0.05) is 12.1 Å². The molecule has 1 aromatic heterocycles. The molecule has 14 heteroatoms. The van der Waals surface area contributed by atoms with Gasteiger partial charge >= 0.3 is 23.4 Å². The average Bonchev–Trinajstić information content (AvgIpc) is 3.21. The first-order valence-corrected chi connectivity index (χ1v) is 10.6. The highest BCUT2D eigenvalue weighted by Gasteiger charge is 2.31. The molecule has 2 aromatic carbocycles. The number of carbonyl (C=O) groups is 1. The molecular formula is C22H19ClF3N3O7. The number of hydrogen-bond donors (Lipinski definition) is 0. The third-order valence-corrected chi connectivity index (χ3v) is 4.97. The Morgan fingerprint density at radius 1 is 1.14 bits per heavy atom. The summed E-state index contributed by atoms with van der Waals surface area (Å²) in [5.74, 6) is -0.971. The van der Waals surface area contributed by atoms with Gasteiger partial charge in [-0.2, -0.15) is 0 Å². The molecule has 0 N–H and O–H groups in total. The molecule has 0 bridgehead atoms. The maximum absolute atomic E-state index is 12.4. The minimum absolute atomic E-state index is 0.0646. The molecule has 1 unspecified atom stereocenters. The Bertz CT molecular complexity index is 1190. The second-order valence-electron chi connectivity index (χ2n) is 7.23. The summed E-state index contributed by atoms with van der Waals surface area (Å²) < 4.78 is 58.3. The van der Waals surface area contributed by atoms with Crippen molar-refractivity contribution in [3.05, 3.63) is 81.3 Å². The fraction of sp³-hybridized carbons (Fsp3) is 0.273. The molecule has 0 saturated heterocycles. The van der Waals surface area contributed by atoms with E-state index < -0.39 is 34.9 Å². The number of halogens is 4. The Labute approximate surface area is 207 Å². The van der Waals surface area contributed by atoms with Crippen molar-refractivity contribution in [3.63, 3.8) is 0 Å². The van der Waals surface area contributed by atoms with Gasteiger partial charge in [0.05, 0.1) is 25.8 Å². The number of alkyl halides is 3. The van der Waals surface area contributed by atoms with Gasteiger partial charge in [0.2, 0.25) is 0 Å². The normalized spacial score (nSPS) is 12.1. The van der Waals surface area contributed by atoms with Gasteiger partial charge in [-0.3, -0.25) is 4.57 Å². The fourth-order valence-electron chi connectivity index (χ4n) is 2.95. The van der Waals surface area contributed by atoms with Crippen LogP contribution in [0.1, 0.15) is 15.9 Å². The highest BCUT2D eigenvalue weighted by atomic mass is 35.5. The lowest BCUT2D eigenvalue weighted by molar-refractivity contribution is -0.389. The summed E-state index contributed by atoms with van der Waals surface area (Å²) in [4.78, 5) is 26.3. The van der Waals surface area contributed by atoms with Gasteiger partial charge < -0.3 is 29.1 Å². The van der Waals surface area contributed by atoms with Gasteiger partial charge in [-0.15, -0.1) is 13.2 Å². The van der Waals surface area contributed by atoms with Gasteiger partial charge in [-0.05, 0) is 63.5 Å². The number of ether oxygens (including phenoxy) is 4. The summed E-state index contributed by atoms with van der Waals surface area (Å²) in [6.45, 7) is -0.404. The van der Waals surface area contributed by atoms with E-state index in [4.69, 9.17) is 25.8 Å². The molecule has 36 heavy (non-hydrogen) atoms. The zero-order valence-corrected chi connectivity index (χ0v) is 19.4. The molecular weight excluding hydrogens is 511 g/mol. The lowest BCUT2D eigenvalue weighted by atomic mass is 10.2. The van der Waals surface area contributed by atoms with Crippen LogP contribution in [0.15, 0.2) is 54.7 Å². The number of esters is 1. The number of nitrogens with zero attached hydrogens (tertiary/aromatic N) is 3. The highest BCUT2D eigenvalue weighted by molar-refractivity contribution is 6.28. The van der Waals surface area contributed by atoms with Crippen LogP contribution in [0.25, 0.3) is 0 Å². The quantitative estimate of drug-likeness (QED) is 0.198. The minimum Gasteiger partial charge on any atom is -0.497 e. The Balaban J connectivity index is 1.68. The van der Waals surface area contributed by atoms with Crippen molar-refractivity contribution in [1.29, 1.82) is 0 Å². The van der Waals surface area contributed by atoms with Gasteiger partial charge in [0, 0.05) is 0 Å². The number of hydrogen-bond acceptors (Lipinski definition) is 8. The average molecular weight is 530 g/mol. The first kappa shape index (κ1) is 26.8. The first-order valence-electron chi connectivity index (χ1n) is 10.2. The van der Waals surface area contributed by atoms with Crippen molar-refractivity contribution in [2.45, 2.75) is 25.6 Å². The number of nitro groups is 1. The van der Waals surface area contributed by atoms with E-state index in [-0.39, 0.29) is 30.6 Å². The standard InChI is InChI=1S/C22H19ClF3N3O7/c1-33-16-8-4-15(5-9-16)20(30)35-13-18(10-28-11-19(29(31)32)27-21(28)23)34-12-14-2-6-17(7-3-14)36-22(24,25)26/h2-9,11,18H,10,12-13H2,1H3. The molecule has 0 aliphatic heterocycles. The molecule has 192 valence electrons. The lowest BCUT2D eigenvalue weighted by Gasteiger charge is -2.19. The molecule has 0 aliphatic rings. The fourth-order valence-corrected chi connectivity index (χ4v) is 3.15. The molecule has 0 spiro atoms. The lowest BCUT2D eigenvalue weighted by Crippen LogP contribution is -2.27. The van der Waals surface area contributed by atoms with Crippen molar-refractivity contribution in [3.8, 4) is 11.5 Å². The van der Waals surface area contributed by atoms with Crippen molar-refractivity contribution < 1.29 is 41.8 Å². The van der Waals surface area contributed by atoms with Crippen LogP contribution in [0, 0.1) is 10.1 Å². The van der Waals surface area contributed by atoms with E-state index in [1.54, 1.807) is 12.1 Å². The molecule has 0 saturated carbocycles. The number of carbonyl (C=O) groups excluding carboxylic acids is 1. The van der Waals surface area contributed by atoms with Gasteiger partial charge in [0.1, 0.15) is 30.4 Å². The monoisotopic (exact) mass is 529 g/mol. The Hall–Kier alpha value is -3.84.